The second kappa shape index (κ2) is 11.8. The third kappa shape index (κ3) is 4.86. The molecular weight excluding hydrogens is 671 g/mol. The van der Waals surface area contributed by atoms with Gasteiger partial charge in [-0.1, -0.05) is 115 Å². The minimum absolute atomic E-state index is 0.561. The lowest BCUT2D eigenvalue weighted by atomic mass is 10.0. The lowest BCUT2D eigenvalue weighted by Crippen LogP contribution is -2.06. The molecular formula is C46H27N5OS. The van der Waals surface area contributed by atoms with E-state index in [4.69, 9.17) is 24.4 Å². The standard InChI is InChI=1S/C46H27N5OS/c1-2-12-28(13-3-1)43-48-44(50-46(49-43)51-37-20-7-4-16-32(37)33-17-5-8-21-38(33)51)35-18-11-22-39-42(35)34-25-24-30(27-40(34)52-39)29-14-10-15-31(26-29)45-47-36-19-6-9-23-41(36)53-45/h1-27H. The Balaban J connectivity index is 1.08. The molecule has 0 unspecified atom stereocenters. The molecule has 248 valence electrons. The Bertz CT molecular complexity index is 3110. The molecule has 0 amide bonds. The Hall–Kier alpha value is -6.96. The monoisotopic (exact) mass is 697 g/mol. The first-order valence-electron chi connectivity index (χ1n) is 17.5. The molecule has 0 aliphatic heterocycles. The number of fused-ring (bicyclic) bond motifs is 7. The number of rotatable bonds is 5. The Labute approximate surface area is 307 Å². The van der Waals surface area contributed by atoms with Crippen LogP contribution < -0.4 is 0 Å². The second-order valence-electron chi connectivity index (χ2n) is 13.1. The van der Waals surface area contributed by atoms with E-state index in [1.807, 2.05) is 48.5 Å². The number of furan rings is 1. The van der Waals surface area contributed by atoms with E-state index in [9.17, 15) is 0 Å². The van der Waals surface area contributed by atoms with Crippen molar-refractivity contribution in [1.29, 1.82) is 0 Å². The number of para-hydroxylation sites is 3. The third-order valence-corrected chi connectivity index (χ3v) is 11.0. The largest absolute Gasteiger partial charge is 0.456 e. The summed E-state index contributed by atoms with van der Waals surface area (Å²) in [5, 5.41) is 5.28. The molecule has 7 aromatic carbocycles. The van der Waals surface area contributed by atoms with Crippen molar-refractivity contribution in [2.24, 2.45) is 0 Å². The molecule has 11 aromatic rings. The highest BCUT2D eigenvalue weighted by Crippen LogP contribution is 2.39. The number of thiazole rings is 1. The molecule has 0 radical (unpaired) electrons. The molecule has 53 heavy (non-hydrogen) atoms. The van der Waals surface area contributed by atoms with Crippen molar-refractivity contribution >= 4 is 65.3 Å². The van der Waals surface area contributed by atoms with Gasteiger partial charge in [0.15, 0.2) is 11.6 Å². The van der Waals surface area contributed by atoms with Crippen LogP contribution in [0.15, 0.2) is 168 Å². The van der Waals surface area contributed by atoms with E-state index in [1.165, 1.54) is 4.70 Å². The van der Waals surface area contributed by atoms with Crippen LogP contribution in [0, 0.1) is 0 Å². The summed E-state index contributed by atoms with van der Waals surface area (Å²) in [4.78, 5) is 20.3. The fourth-order valence-electron chi connectivity index (χ4n) is 7.46. The molecule has 0 saturated heterocycles. The Morgan fingerprint density at radius 3 is 1.96 bits per heavy atom. The van der Waals surface area contributed by atoms with E-state index in [1.54, 1.807) is 11.3 Å². The minimum Gasteiger partial charge on any atom is -0.456 e. The minimum atomic E-state index is 0.561. The average molecular weight is 698 g/mol. The summed E-state index contributed by atoms with van der Waals surface area (Å²) >= 11 is 1.71. The van der Waals surface area contributed by atoms with Gasteiger partial charge in [-0.2, -0.15) is 9.97 Å². The van der Waals surface area contributed by atoms with Crippen LogP contribution in [-0.4, -0.2) is 24.5 Å². The molecule has 4 heterocycles. The van der Waals surface area contributed by atoms with Gasteiger partial charge >= 0.3 is 0 Å². The van der Waals surface area contributed by atoms with Crippen molar-refractivity contribution < 1.29 is 4.42 Å². The first-order valence-corrected chi connectivity index (χ1v) is 18.3. The van der Waals surface area contributed by atoms with Crippen molar-refractivity contribution in [3.05, 3.63) is 164 Å². The SMILES string of the molecule is c1ccc(-c2nc(-c3cccc4oc5cc(-c6cccc(-c7nc8ccccc8s7)c6)ccc5c34)nc(-n3c4ccccc4c4ccccc43)n2)cc1. The summed E-state index contributed by atoms with van der Waals surface area (Å²) in [7, 11) is 0. The molecule has 0 spiro atoms. The molecule has 7 heteroatoms. The van der Waals surface area contributed by atoms with Crippen molar-refractivity contribution in [1.82, 2.24) is 24.5 Å². The maximum Gasteiger partial charge on any atom is 0.238 e. The number of hydrogen-bond acceptors (Lipinski definition) is 6. The van der Waals surface area contributed by atoms with Gasteiger partial charge in [0.25, 0.3) is 0 Å². The third-order valence-electron chi connectivity index (χ3n) is 9.91. The summed E-state index contributed by atoms with van der Waals surface area (Å²) in [5.41, 5.74) is 9.74. The topological polar surface area (TPSA) is 69.6 Å². The van der Waals surface area contributed by atoms with Crippen LogP contribution in [0.3, 0.4) is 0 Å². The molecule has 0 aliphatic carbocycles. The first kappa shape index (κ1) is 29.7. The van der Waals surface area contributed by atoms with Crippen LogP contribution in [0.2, 0.25) is 0 Å². The van der Waals surface area contributed by atoms with Gasteiger partial charge in [-0.3, -0.25) is 4.57 Å². The molecule has 6 nitrogen and oxygen atoms in total. The van der Waals surface area contributed by atoms with E-state index in [0.29, 0.717) is 17.6 Å². The van der Waals surface area contributed by atoms with E-state index in [0.717, 1.165) is 82.1 Å². The van der Waals surface area contributed by atoms with Crippen molar-refractivity contribution in [3.63, 3.8) is 0 Å². The highest BCUT2D eigenvalue weighted by atomic mass is 32.1. The number of hydrogen-bond donors (Lipinski definition) is 0. The van der Waals surface area contributed by atoms with Gasteiger partial charge in [0, 0.05) is 38.2 Å². The fraction of sp³-hybridized carbons (Fsp3) is 0. The van der Waals surface area contributed by atoms with Gasteiger partial charge in [-0.15, -0.1) is 11.3 Å². The summed E-state index contributed by atoms with van der Waals surface area (Å²) in [5.74, 6) is 1.75. The predicted molar refractivity (Wildman–Crippen MR) is 216 cm³/mol. The van der Waals surface area contributed by atoms with E-state index in [-0.39, 0.29) is 0 Å². The van der Waals surface area contributed by atoms with Crippen LogP contribution in [0.4, 0.5) is 0 Å². The molecule has 11 rings (SSSR count). The van der Waals surface area contributed by atoms with Crippen molar-refractivity contribution in [2.45, 2.75) is 0 Å². The Morgan fingerprint density at radius 1 is 0.453 bits per heavy atom. The summed E-state index contributed by atoms with van der Waals surface area (Å²) in [6, 6.07) is 56.3. The van der Waals surface area contributed by atoms with E-state index in [2.05, 4.69) is 120 Å². The Morgan fingerprint density at radius 2 is 1.13 bits per heavy atom. The lowest BCUT2D eigenvalue weighted by Gasteiger charge is -2.11. The van der Waals surface area contributed by atoms with E-state index >= 15 is 0 Å². The lowest BCUT2D eigenvalue weighted by molar-refractivity contribution is 0.669. The van der Waals surface area contributed by atoms with Gasteiger partial charge in [0.2, 0.25) is 5.95 Å². The normalized spacial score (nSPS) is 11.8. The smallest absolute Gasteiger partial charge is 0.238 e. The molecule has 0 aliphatic rings. The maximum absolute atomic E-state index is 6.58. The van der Waals surface area contributed by atoms with Gasteiger partial charge in [0.1, 0.15) is 16.2 Å². The average Bonchev–Trinajstić information content (AvgIpc) is 3.93. The van der Waals surface area contributed by atoms with Crippen LogP contribution >= 0.6 is 11.3 Å². The van der Waals surface area contributed by atoms with E-state index < -0.39 is 0 Å². The zero-order valence-electron chi connectivity index (χ0n) is 28.1. The summed E-state index contributed by atoms with van der Waals surface area (Å²) < 4.78 is 9.90. The van der Waals surface area contributed by atoms with Crippen LogP contribution in [0.5, 0.6) is 0 Å². The van der Waals surface area contributed by atoms with Crippen LogP contribution in [-0.2, 0) is 0 Å². The molecule has 0 atom stereocenters. The van der Waals surface area contributed by atoms with Crippen LogP contribution in [0.1, 0.15) is 0 Å². The van der Waals surface area contributed by atoms with Crippen LogP contribution in [0.25, 0.3) is 104 Å². The molecule has 0 saturated carbocycles. The zero-order valence-corrected chi connectivity index (χ0v) is 29.0. The van der Waals surface area contributed by atoms with Gasteiger partial charge in [-0.25, -0.2) is 9.97 Å². The Kier molecular flexibility index (Phi) is 6.62. The molecule has 0 bridgehead atoms. The summed E-state index contributed by atoms with van der Waals surface area (Å²) in [6.07, 6.45) is 0. The zero-order chi connectivity index (χ0) is 34.9. The molecule has 0 N–H and O–H groups in total. The van der Waals surface area contributed by atoms with Gasteiger partial charge in [-0.05, 0) is 59.7 Å². The van der Waals surface area contributed by atoms with Gasteiger partial charge in [0.05, 0.1) is 21.3 Å². The predicted octanol–water partition coefficient (Wildman–Crippen LogP) is 12.1. The first-order chi connectivity index (χ1) is 26.2. The quantitative estimate of drug-likeness (QED) is 0.179. The number of nitrogens with zero attached hydrogens (tertiary/aromatic N) is 5. The molecule has 0 fully saturated rings. The van der Waals surface area contributed by atoms with Gasteiger partial charge < -0.3 is 4.42 Å². The number of benzene rings is 7. The highest BCUT2D eigenvalue weighted by molar-refractivity contribution is 7.21. The second-order valence-corrected chi connectivity index (χ2v) is 14.1. The maximum atomic E-state index is 6.58. The van der Waals surface area contributed by atoms with Crippen molar-refractivity contribution in [3.8, 4) is 50.4 Å². The summed E-state index contributed by atoms with van der Waals surface area (Å²) in [6.45, 7) is 0. The highest BCUT2D eigenvalue weighted by Gasteiger charge is 2.20. The van der Waals surface area contributed by atoms with Crippen molar-refractivity contribution in [2.75, 3.05) is 0 Å². The number of aromatic nitrogens is 5. The fourth-order valence-corrected chi connectivity index (χ4v) is 8.42. The molecule has 4 aromatic heterocycles.